The number of hydrogen-bond acceptors (Lipinski definition) is 6. The van der Waals surface area contributed by atoms with Gasteiger partial charge in [-0.25, -0.2) is 4.79 Å². The number of aliphatic hydroxyl groups is 1. The molecule has 39 heavy (non-hydrogen) atoms. The Morgan fingerprint density at radius 2 is 1.85 bits per heavy atom. The number of pyridine rings is 1. The molecular weight excluding hydrogens is 494 g/mol. The molecule has 9 heteroatoms. The first-order valence-corrected chi connectivity index (χ1v) is 13.2. The number of fused-ring (bicyclic) bond motifs is 1. The third kappa shape index (κ3) is 7.78. The fourth-order valence-electron chi connectivity index (χ4n) is 4.71. The molecule has 0 saturated heterocycles. The van der Waals surface area contributed by atoms with Gasteiger partial charge in [0.15, 0.2) is 0 Å². The van der Waals surface area contributed by atoms with E-state index in [1.807, 2.05) is 50.4 Å². The number of aromatic nitrogens is 1. The standard InChI is InChI=1S/C30H37N5O4/c1-21-17-35(22(2)20-36)29(37)16-24-15-26(33-30(38)32-25-7-5-4-6-8-25)9-10-27(24)39-28(21)19-34(3)18-23-11-13-31-14-12-23/h4-15,21-22,28,36H,16-20H2,1-3H3,(H2,32,33,38)/t21-,22+,28+/m1/s1. The second-order valence-electron chi connectivity index (χ2n) is 10.2. The van der Waals surface area contributed by atoms with E-state index in [-0.39, 0.29) is 43.0 Å². The molecule has 1 aromatic heterocycles. The molecule has 0 saturated carbocycles. The van der Waals surface area contributed by atoms with Gasteiger partial charge in [0, 0.05) is 54.9 Å². The average Bonchev–Trinajstić information content (AvgIpc) is 2.97. The second kappa shape index (κ2) is 13.2. The van der Waals surface area contributed by atoms with Gasteiger partial charge in [-0.05, 0) is 62.0 Å². The Balaban J connectivity index is 1.56. The fraction of sp³-hybridized carbons (Fsp3) is 0.367. The van der Waals surface area contributed by atoms with E-state index in [9.17, 15) is 14.7 Å². The third-order valence-electron chi connectivity index (χ3n) is 6.90. The number of rotatable bonds is 8. The van der Waals surface area contributed by atoms with Gasteiger partial charge in [-0.1, -0.05) is 25.1 Å². The maximum atomic E-state index is 13.4. The van der Waals surface area contributed by atoms with Gasteiger partial charge in [0.1, 0.15) is 11.9 Å². The first kappa shape index (κ1) is 28.1. The minimum Gasteiger partial charge on any atom is -0.488 e. The average molecular weight is 532 g/mol. The summed E-state index contributed by atoms with van der Waals surface area (Å²) >= 11 is 0. The van der Waals surface area contributed by atoms with Crippen LogP contribution in [-0.4, -0.2) is 70.7 Å². The highest BCUT2D eigenvalue weighted by atomic mass is 16.5. The molecule has 0 aliphatic carbocycles. The predicted molar refractivity (Wildman–Crippen MR) is 152 cm³/mol. The van der Waals surface area contributed by atoms with Gasteiger partial charge in [-0.15, -0.1) is 0 Å². The SMILES string of the molecule is C[C@@H]1CN([C@@H](C)CO)C(=O)Cc2cc(NC(=O)Nc3ccccc3)ccc2O[C@H]1CN(C)Cc1ccncc1. The quantitative estimate of drug-likeness (QED) is 0.406. The number of carbonyl (C=O) groups excluding carboxylic acids is 2. The molecule has 1 aliphatic rings. The third-order valence-corrected chi connectivity index (χ3v) is 6.90. The number of nitrogens with zero attached hydrogens (tertiary/aromatic N) is 3. The Morgan fingerprint density at radius 1 is 1.13 bits per heavy atom. The number of anilines is 2. The zero-order chi connectivity index (χ0) is 27.8. The van der Waals surface area contributed by atoms with Gasteiger partial charge >= 0.3 is 6.03 Å². The van der Waals surface area contributed by atoms with E-state index in [2.05, 4.69) is 27.4 Å². The summed E-state index contributed by atoms with van der Waals surface area (Å²) in [7, 11) is 2.04. The van der Waals surface area contributed by atoms with Gasteiger partial charge in [0.25, 0.3) is 0 Å². The lowest BCUT2D eigenvalue weighted by atomic mass is 10.0. The van der Waals surface area contributed by atoms with Crippen LogP contribution in [0.3, 0.4) is 0 Å². The maximum absolute atomic E-state index is 13.4. The van der Waals surface area contributed by atoms with Crippen molar-refractivity contribution in [3.8, 4) is 5.75 Å². The van der Waals surface area contributed by atoms with Gasteiger partial charge in [0.05, 0.1) is 19.1 Å². The molecule has 3 N–H and O–H groups in total. The lowest BCUT2D eigenvalue weighted by Gasteiger charge is -2.34. The molecular formula is C30H37N5O4. The summed E-state index contributed by atoms with van der Waals surface area (Å²) in [6.45, 7) is 5.63. The van der Waals surface area contributed by atoms with Gasteiger partial charge in [-0.3, -0.25) is 14.7 Å². The summed E-state index contributed by atoms with van der Waals surface area (Å²) in [4.78, 5) is 34.0. The summed E-state index contributed by atoms with van der Waals surface area (Å²) in [6.07, 6.45) is 3.45. The van der Waals surface area contributed by atoms with Crippen LogP contribution in [0.15, 0.2) is 73.1 Å². The van der Waals surface area contributed by atoms with Crippen molar-refractivity contribution >= 4 is 23.3 Å². The van der Waals surface area contributed by atoms with Crippen molar-refractivity contribution in [3.05, 3.63) is 84.2 Å². The molecule has 9 nitrogen and oxygen atoms in total. The van der Waals surface area contributed by atoms with Crippen LogP contribution in [0.2, 0.25) is 0 Å². The highest BCUT2D eigenvalue weighted by Crippen LogP contribution is 2.29. The van der Waals surface area contributed by atoms with Crippen LogP contribution in [0.5, 0.6) is 5.75 Å². The number of hydrogen-bond donors (Lipinski definition) is 3. The normalized spacial score (nSPS) is 18.3. The van der Waals surface area contributed by atoms with Crippen LogP contribution in [-0.2, 0) is 17.8 Å². The summed E-state index contributed by atoms with van der Waals surface area (Å²) in [5.74, 6) is 0.526. The van der Waals surface area contributed by atoms with Gasteiger partial charge < -0.3 is 25.4 Å². The van der Waals surface area contributed by atoms with Crippen molar-refractivity contribution < 1.29 is 19.4 Å². The molecule has 0 fully saturated rings. The van der Waals surface area contributed by atoms with Crippen molar-refractivity contribution in [2.75, 3.05) is 37.4 Å². The molecule has 1 aliphatic heterocycles. The lowest BCUT2D eigenvalue weighted by molar-refractivity contribution is -0.134. The van der Waals surface area contributed by atoms with Crippen LogP contribution < -0.4 is 15.4 Å². The number of para-hydroxylation sites is 1. The Hall–Kier alpha value is -3.95. The Bertz CT molecular complexity index is 1240. The summed E-state index contributed by atoms with van der Waals surface area (Å²) < 4.78 is 6.58. The summed E-state index contributed by atoms with van der Waals surface area (Å²) in [5, 5.41) is 15.5. The number of urea groups is 1. The topological polar surface area (TPSA) is 107 Å². The minimum absolute atomic E-state index is 0.00300. The van der Waals surface area contributed by atoms with Crippen molar-refractivity contribution in [2.24, 2.45) is 5.92 Å². The predicted octanol–water partition coefficient (Wildman–Crippen LogP) is 4.01. The first-order chi connectivity index (χ1) is 18.8. The van der Waals surface area contributed by atoms with E-state index in [4.69, 9.17) is 4.74 Å². The number of ether oxygens (including phenoxy) is 1. The molecule has 0 spiro atoms. The number of likely N-dealkylation sites (N-methyl/N-ethyl adjacent to an activating group) is 1. The molecule has 0 radical (unpaired) electrons. The van der Waals surface area contributed by atoms with Crippen molar-refractivity contribution in [3.63, 3.8) is 0 Å². The molecule has 2 heterocycles. The largest absolute Gasteiger partial charge is 0.488 e. The van der Waals surface area contributed by atoms with Gasteiger partial charge in [0.2, 0.25) is 5.91 Å². The molecule has 3 atom stereocenters. The monoisotopic (exact) mass is 531 g/mol. The van der Waals surface area contributed by atoms with E-state index in [1.165, 1.54) is 0 Å². The van der Waals surface area contributed by atoms with Gasteiger partial charge in [-0.2, -0.15) is 0 Å². The van der Waals surface area contributed by atoms with E-state index in [1.54, 1.807) is 41.6 Å². The smallest absolute Gasteiger partial charge is 0.323 e. The highest BCUT2D eigenvalue weighted by molar-refractivity contribution is 5.99. The summed E-state index contributed by atoms with van der Waals surface area (Å²) in [6, 6.07) is 17.8. The molecule has 2 aromatic carbocycles. The Labute approximate surface area is 229 Å². The Morgan fingerprint density at radius 3 is 2.56 bits per heavy atom. The number of amides is 3. The number of carbonyl (C=O) groups is 2. The zero-order valence-electron chi connectivity index (χ0n) is 22.7. The summed E-state index contributed by atoms with van der Waals surface area (Å²) in [5.41, 5.74) is 3.07. The molecule has 0 unspecified atom stereocenters. The maximum Gasteiger partial charge on any atom is 0.323 e. The zero-order valence-corrected chi connectivity index (χ0v) is 22.7. The van der Waals surface area contributed by atoms with Crippen LogP contribution in [0.4, 0.5) is 16.2 Å². The number of aliphatic hydroxyl groups excluding tert-OH is 1. The molecule has 3 aromatic rings. The highest BCUT2D eigenvalue weighted by Gasteiger charge is 2.31. The van der Waals surface area contributed by atoms with E-state index in [0.717, 1.165) is 12.1 Å². The molecule has 206 valence electrons. The lowest BCUT2D eigenvalue weighted by Crippen LogP contribution is -2.47. The van der Waals surface area contributed by atoms with E-state index in [0.29, 0.717) is 35.8 Å². The minimum atomic E-state index is -0.378. The first-order valence-electron chi connectivity index (χ1n) is 13.2. The molecule has 0 bridgehead atoms. The number of benzene rings is 2. The van der Waals surface area contributed by atoms with Crippen molar-refractivity contribution in [2.45, 2.75) is 39.0 Å². The van der Waals surface area contributed by atoms with Crippen LogP contribution in [0.25, 0.3) is 0 Å². The van der Waals surface area contributed by atoms with Crippen molar-refractivity contribution in [1.82, 2.24) is 14.8 Å². The second-order valence-corrected chi connectivity index (χ2v) is 10.2. The van der Waals surface area contributed by atoms with Crippen LogP contribution >= 0.6 is 0 Å². The van der Waals surface area contributed by atoms with Crippen LogP contribution in [0.1, 0.15) is 25.0 Å². The molecule has 4 rings (SSSR count). The fourth-order valence-corrected chi connectivity index (χ4v) is 4.71. The van der Waals surface area contributed by atoms with E-state index >= 15 is 0 Å². The molecule has 3 amide bonds. The van der Waals surface area contributed by atoms with Crippen molar-refractivity contribution in [1.29, 1.82) is 0 Å². The van der Waals surface area contributed by atoms with Crippen LogP contribution in [0, 0.1) is 5.92 Å². The number of nitrogens with one attached hydrogen (secondary N) is 2. The van der Waals surface area contributed by atoms with E-state index < -0.39 is 0 Å². The Kier molecular flexibility index (Phi) is 9.51.